The number of carbonyl (C=O) groups is 9. The van der Waals surface area contributed by atoms with Crippen LogP contribution < -0.4 is 32.7 Å². The Labute approximate surface area is 479 Å². The Bertz CT molecular complexity index is 2270. The van der Waals surface area contributed by atoms with Gasteiger partial charge in [0.15, 0.2) is 6.10 Å². The standard InChI is InChI=1S/C29H48N4O6.C29H46N4O6.2CH4.2H2/c2*1-28(2,3)39-27(38)32-21(17-12-7-6-8-13-17)26(37)33-15-18-20(29(18,4)5)22(33)25(36)31-19(23(34)24(30)35)14-16-10-9-11-16;;;;/h16-23,34H,6-15H2,1-5H3,(H2,30,35)(H,31,36)(H,32,38);16-22H,6-15H2,1-5H3,(H2,30,35)(H,31,36)(H,32,38);2*1H4;2*1H/t18-,19?,20-,21-,22-,23?;18-,19?,20-,21-,22-;;;;/m00..../s1. The van der Waals surface area contributed by atoms with E-state index in [-0.39, 0.29) is 87.7 Å². The fourth-order valence-corrected chi connectivity index (χ4v) is 14.1. The van der Waals surface area contributed by atoms with Gasteiger partial charge in [-0.1, -0.05) is 120 Å². The average molecular weight is 1130 g/mol. The van der Waals surface area contributed by atoms with Crippen LogP contribution in [0.4, 0.5) is 9.59 Å². The highest BCUT2D eigenvalue weighted by Gasteiger charge is 2.71. The highest BCUT2D eigenvalue weighted by atomic mass is 16.6. The summed E-state index contributed by atoms with van der Waals surface area (Å²) in [4.78, 5) is 121. The SMILES string of the molecule is C.C.CC(C)(C)OC(=O)N[C@H](C(=O)N1C[C@H]2[C@@H]([C@H]1C(=O)NC(CC1CCC1)C(=O)C(N)=O)C2(C)C)C1CCCCC1.CC(C)(C)OC(=O)N[C@H](C(=O)N1C[C@H]2[C@@H]([C@H]1C(=O)NC(CC1CCC1)C(O)C(N)=O)C2(C)C)C1CCCCC1.[HH].[HH]. The van der Waals surface area contributed by atoms with Crippen LogP contribution in [0.3, 0.4) is 0 Å². The second-order valence-electron chi connectivity index (χ2n) is 27.6. The molecule has 0 aromatic carbocycles. The summed E-state index contributed by atoms with van der Waals surface area (Å²) in [7, 11) is 0. The number of likely N-dealkylation sites (tertiary alicyclic amines) is 2. The number of rotatable bonds is 18. The summed E-state index contributed by atoms with van der Waals surface area (Å²) in [6.07, 6.45) is 13.5. The van der Waals surface area contributed by atoms with Crippen molar-refractivity contribution in [3.63, 3.8) is 0 Å². The number of nitrogens with one attached hydrogen (secondary N) is 4. The Morgan fingerprint density at radius 1 is 0.562 bits per heavy atom. The van der Waals surface area contributed by atoms with Gasteiger partial charge < -0.3 is 57.1 Å². The molecule has 2 saturated heterocycles. The number of alkyl carbamates (subject to hydrolysis) is 2. The average Bonchev–Trinajstić information content (AvgIpc) is 3.77. The van der Waals surface area contributed by atoms with E-state index in [2.05, 4.69) is 49.0 Å². The van der Waals surface area contributed by atoms with E-state index < -0.39 is 89.2 Å². The van der Waals surface area contributed by atoms with Crippen molar-refractivity contribution in [3.05, 3.63) is 0 Å². The number of carbonyl (C=O) groups excluding carboxylic acids is 9. The molecule has 20 nitrogen and oxygen atoms in total. The molecule has 8 amide bonds. The monoisotopic (exact) mass is 1130 g/mol. The first-order valence-corrected chi connectivity index (χ1v) is 29.4. The number of aliphatic hydroxyl groups is 1. The minimum Gasteiger partial charge on any atom is -0.444 e. The zero-order valence-electron chi connectivity index (χ0n) is 48.3. The summed E-state index contributed by atoms with van der Waals surface area (Å²) in [6, 6.07) is -4.90. The molecule has 8 aliphatic rings. The van der Waals surface area contributed by atoms with Gasteiger partial charge in [-0.15, -0.1) is 0 Å². The van der Waals surface area contributed by atoms with E-state index in [1.165, 1.54) is 0 Å². The number of primary amides is 2. The van der Waals surface area contributed by atoms with Crippen molar-refractivity contribution in [2.45, 2.75) is 253 Å². The summed E-state index contributed by atoms with van der Waals surface area (Å²) in [5.74, 6) is -3.38. The van der Waals surface area contributed by atoms with E-state index in [0.717, 1.165) is 103 Å². The molecule has 80 heavy (non-hydrogen) atoms. The van der Waals surface area contributed by atoms with Crippen LogP contribution in [-0.4, -0.2) is 135 Å². The number of hydrogen-bond acceptors (Lipinski definition) is 12. The maximum Gasteiger partial charge on any atom is 0.408 e. The van der Waals surface area contributed by atoms with E-state index in [4.69, 9.17) is 20.9 Å². The predicted molar refractivity (Wildman–Crippen MR) is 307 cm³/mol. The van der Waals surface area contributed by atoms with Crippen LogP contribution in [0.5, 0.6) is 0 Å². The van der Waals surface area contributed by atoms with Gasteiger partial charge in [-0.2, -0.15) is 0 Å². The molecule has 0 bridgehead atoms. The summed E-state index contributed by atoms with van der Waals surface area (Å²) in [5, 5.41) is 22.0. The lowest BCUT2D eigenvalue weighted by Crippen LogP contribution is -2.60. The Balaban J connectivity index is 0.000000410. The molecule has 3 unspecified atom stereocenters. The molecular formula is C60H106N8O12. The maximum absolute atomic E-state index is 14.2. The number of amides is 8. The largest absolute Gasteiger partial charge is 0.444 e. The molecule has 2 aliphatic heterocycles. The second kappa shape index (κ2) is 26.1. The van der Waals surface area contributed by atoms with E-state index in [9.17, 15) is 48.3 Å². The van der Waals surface area contributed by atoms with Crippen LogP contribution >= 0.6 is 0 Å². The quantitative estimate of drug-likeness (QED) is 0.0690. The third-order valence-corrected chi connectivity index (χ3v) is 19.1. The number of piperidine rings is 2. The molecule has 458 valence electrons. The van der Waals surface area contributed by atoms with E-state index >= 15 is 0 Å². The molecule has 0 radical (unpaired) electrons. The summed E-state index contributed by atoms with van der Waals surface area (Å²) < 4.78 is 11.0. The van der Waals surface area contributed by atoms with E-state index in [1.54, 1.807) is 51.3 Å². The molecule has 9 N–H and O–H groups in total. The molecule has 0 aromatic rings. The number of aliphatic hydroxyl groups excluding tert-OH is 1. The third kappa shape index (κ3) is 15.3. The minimum absolute atomic E-state index is 0. The second-order valence-corrected chi connectivity index (χ2v) is 27.6. The van der Waals surface area contributed by atoms with E-state index in [1.807, 2.05) is 0 Å². The highest BCUT2D eigenvalue weighted by Crippen LogP contribution is 2.66. The normalized spacial score (nSPS) is 27.7. The van der Waals surface area contributed by atoms with Crippen LogP contribution in [-0.2, 0) is 43.0 Å². The van der Waals surface area contributed by atoms with Gasteiger partial charge in [0, 0.05) is 15.9 Å². The van der Waals surface area contributed by atoms with Gasteiger partial charge in [-0.3, -0.25) is 33.6 Å². The van der Waals surface area contributed by atoms with Crippen LogP contribution in [0.25, 0.3) is 0 Å². The summed E-state index contributed by atoms with van der Waals surface area (Å²) in [5.41, 5.74) is 9.06. The smallest absolute Gasteiger partial charge is 0.408 e. The molecule has 0 aromatic heterocycles. The lowest BCUT2D eigenvalue weighted by molar-refractivity contribution is -0.144. The number of Topliss-reactive ketones (excluding diaryl/α,β-unsaturated/α-hetero) is 1. The van der Waals surface area contributed by atoms with Crippen molar-refractivity contribution in [1.29, 1.82) is 0 Å². The van der Waals surface area contributed by atoms with Gasteiger partial charge in [-0.05, 0) is 138 Å². The van der Waals surface area contributed by atoms with Gasteiger partial charge in [0.2, 0.25) is 35.3 Å². The van der Waals surface area contributed by atoms with E-state index in [0.29, 0.717) is 31.8 Å². The van der Waals surface area contributed by atoms with Crippen molar-refractivity contribution in [2.24, 2.45) is 69.6 Å². The Kier molecular flexibility index (Phi) is 21.4. The van der Waals surface area contributed by atoms with Crippen molar-refractivity contribution in [1.82, 2.24) is 31.1 Å². The molecule has 6 saturated carbocycles. The van der Waals surface area contributed by atoms with Gasteiger partial charge in [0.25, 0.3) is 5.91 Å². The predicted octanol–water partition coefficient (Wildman–Crippen LogP) is 6.90. The zero-order chi connectivity index (χ0) is 57.4. The first-order chi connectivity index (χ1) is 36.4. The molecule has 8 rings (SSSR count). The van der Waals surface area contributed by atoms with Crippen LogP contribution in [0.15, 0.2) is 0 Å². The first kappa shape index (κ1) is 65.8. The number of ether oxygens (including phenoxy) is 2. The molecule has 11 atom stereocenters. The van der Waals surface area contributed by atoms with Crippen molar-refractivity contribution in [2.75, 3.05) is 13.1 Å². The number of hydrogen-bond donors (Lipinski definition) is 7. The molecule has 8 fully saturated rings. The van der Waals surface area contributed by atoms with Crippen molar-refractivity contribution in [3.8, 4) is 0 Å². The molecule has 6 aliphatic carbocycles. The maximum atomic E-state index is 14.2. The Morgan fingerprint density at radius 2 is 0.938 bits per heavy atom. The van der Waals surface area contributed by atoms with Crippen LogP contribution in [0, 0.1) is 58.2 Å². The van der Waals surface area contributed by atoms with Gasteiger partial charge >= 0.3 is 12.2 Å². The number of ketones is 1. The Morgan fingerprint density at radius 3 is 1.27 bits per heavy atom. The number of nitrogens with zero attached hydrogens (tertiary/aromatic N) is 2. The molecule has 0 spiro atoms. The number of fused-ring (bicyclic) bond motifs is 2. The van der Waals surface area contributed by atoms with Gasteiger partial charge in [0.05, 0.1) is 12.1 Å². The summed E-state index contributed by atoms with van der Waals surface area (Å²) in [6.45, 7) is 19.9. The van der Waals surface area contributed by atoms with Crippen molar-refractivity contribution < 1.29 is 60.6 Å². The highest BCUT2D eigenvalue weighted by molar-refractivity contribution is 6.37. The third-order valence-electron chi connectivity index (χ3n) is 19.1. The molecular weight excluding hydrogens is 1020 g/mol. The van der Waals surface area contributed by atoms with Crippen LogP contribution in [0.1, 0.15) is 203 Å². The van der Waals surface area contributed by atoms with Crippen molar-refractivity contribution >= 4 is 53.4 Å². The first-order valence-electron chi connectivity index (χ1n) is 29.4. The zero-order valence-corrected chi connectivity index (χ0v) is 48.3. The summed E-state index contributed by atoms with van der Waals surface area (Å²) >= 11 is 0. The van der Waals surface area contributed by atoms with Gasteiger partial charge in [-0.25, -0.2) is 9.59 Å². The Hall–Kier alpha value is -5.01. The fourth-order valence-electron chi connectivity index (χ4n) is 14.1. The minimum atomic E-state index is -1.49. The lowest BCUT2D eigenvalue weighted by Gasteiger charge is -2.38. The fraction of sp³-hybridized carbons (Fsp3) is 0.850. The number of nitrogens with two attached hydrogens (primary N) is 2. The molecule has 20 heteroatoms. The van der Waals surface area contributed by atoms with Crippen LogP contribution in [0.2, 0.25) is 0 Å². The lowest BCUT2D eigenvalue weighted by atomic mass is 9.79. The topological polar surface area (TPSA) is 299 Å². The molecule has 2 heterocycles. The van der Waals surface area contributed by atoms with Gasteiger partial charge in [0.1, 0.15) is 35.4 Å².